The van der Waals surface area contributed by atoms with Gasteiger partial charge in [-0.2, -0.15) is 0 Å². The average molecular weight is 286 g/mol. The molecule has 1 aliphatic carbocycles. The topological polar surface area (TPSA) is 76.2 Å². The number of hydrogen-bond donors (Lipinski definition) is 1. The Hall–Kier alpha value is -2.17. The molecule has 1 N–H and O–H groups in total. The zero-order chi connectivity index (χ0) is 15.0. The second-order valence-electron chi connectivity index (χ2n) is 6.23. The Balaban J connectivity index is 1.98. The SMILES string of the molecule is CC1(C)CCCC1c1nnc(-c2ccccc2C(=O)O)o1. The fourth-order valence-electron chi connectivity index (χ4n) is 3.12. The summed E-state index contributed by atoms with van der Waals surface area (Å²) in [4.78, 5) is 11.3. The maximum absolute atomic E-state index is 11.3. The quantitative estimate of drug-likeness (QED) is 0.930. The molecule has 3 rings (SSSR count). The van der Waals surface area contributed by atoms with Crippen LogP contribution in [0.1, 0.15) is 55.3 Å². The smallest absolute Gasteiger partial charge is 0.336 e. The third-order valence-corrected chi connectivity index (χ3v) is 4.38. The molecule has 1 unspecified atom stereocenters. The molecular formula is C16H18N2O3. The van der Waals surface area contributed by atoms with Crippen LogP contribution in [0.3, 0.4) is 0 Å². The van der Waals surface area contributed by atoms with Crippen molar-refractivity contribution in [3.8, 4) is 11.5 Å². The number of hydrogen-bond acceptors (Lipinski definition) is 4. The summed E-state index contributed by atoms with van der Waals surface area (Å²) in [6.07, 6.45) is 3.33. The first-order valence-electron chi connectivity index (χ1n) is 7.15. The highest BCUT2D eigenvalue weighted by Crippen LogP contribution is 2.48. The highest BCUT2D eigenvalue weighted by atomic mass is 16.4. The molecule has 1 atom stereocenters. The van der Waals surface area contributed by atoms with Gasteiger partial charge in [-0.3, -0.25) is 0 Å². The minimum absolute atomic E-state index is 0.149. The average Bonchev–Trinajstić information content (AvgIpc) is 3.04. The van der Waals surface area contributed by atoms with E-state index in [-0.39, 0.29) is 22.8 Å². The van der Waals surface area contributed by atoms with Gasteiger partial charge in [-0.15, -0.1) is 10.2 Å². The van der Waals surface area contributed by atoms with Crippen molar-refractivity contribution in [2.75, 3.05) is 0 Å². The van der Waals surface area contributed by atoms with Crippen molar-refractivity contribution in [3.05, 3.63) is 35.7 Å². The molecule has 5 heteroatoms. The molecule has 0 radical (unpaired) electrons. The molecule has 110 valence electrons. The van der Waals surface area contributed by atoms with E-state index < -0.39 is 5.97 Å². The molecule has 1 aliphatic rings. The highest BCUT2D eigenvalue weighted by molar-refractivity contribution is 5.94. The number of carboxylic acid groups (broad SMARTS) is 1. The van der Waals surface area contributed by atoms with Crippen LogP contribution in [0.2, 0.25) is 0 Å². The summed E-state index contributed by atoms with van der Waals surface area (Å²) in [5.41, 5.74) is 0.800. The van der Waals surface area contributed by atoms with E-state index in [0.29, 0.717) is 11.5 Å². The van der Waals surface area contributed by atoms with E-state index in [2.05, 4.69) is 24.0 Å². The van der Waals surface area contributed by atoms with Crippen LogP contribution in [0.4, 0.5) is 0 Å². The van der Waals surface area contributed by atoms with Crippen molar-refractivity contribution in [1.82, 2.24) is 10.2 Å². The van der Waals surface area contributed by atoms with Crippen molar-refractivity contribution in [1.29, 1.82) is 0 Å². The van der Waals surface area contributed by atoms with Crippen molar-refractivity contribution in [3.63, 3.8) is 0 Å². The Morgan fingerprint density at radius 3 is 2.76 bits per heavy atom. The van der Waals surface area contributed by atoms with Crippen LogP contribution in [0, 0.1) is 5.41 Å². The first-order chi connectivity index (χ1) is 9.99. The minimum atomic E-state index is -0.994. The Morgan fingerprint density at radius 2 is 2.10 bits per heavy atom. The van der Waals surface area contributed by atoms with Crippen molar-refractivity contribution < 1.29 is 14.3 Å². The highest BCUT2D eigenvalue weighted by Gasteiger charge is 2.39. The largest absolute Gasteiger partial charge is 0.478 e. The van der Waals surface area contributed by atoms with E-state index in [0.717, 1.165) is 19.3 Å². The first kappa shape index (κ1) is 13.8. The maximum atomic E-state index is 11.3. The minimum Gasteiger partial charge on any atom is -0.478 e. The molecule has 21 heavy (non-hydrogen) atoms. The number of aromatic carboxylic acids is 1. The number of rotatable bonds is 3. The summed E-state index contributed by atoms with van der Waals surface area (Å²) in [7, 11) is 0. The third kappa shape index (κ3) is 2.44. The Kier molecular flexibility index (Phi) is 3.27. The lowest BCUT2D eigenvalue weighted by Gasteiger charge is -2.23. The van der Waals surface area contributed by atoms with Crippen LogP contribution >= 0.6 is 0 Å². The van der Waals surface area contributed by atoms with Gasteiger partial charge in [0, 0.05) is 5.92 Å². The Labute approximate surface area is 123 Å². The lowest BCUT2D eigenvalue weighted by atomic mass is 9.82. The number of carboxylic acids is 1. The molecule has 0 aliphatic heterocycles. The number of benzene rings is 1. The van der Waals surface area contributed by atoms with Gasteiger partial charge in [0.2, 0.25) is 11.8 Å². The normalized spacial score (nSPS) is 20.6. The standard InChI is InChI=1S/C16H18N2O3/c1-16(2)9-5-8-12(16)14-18-17-13(21-14)10-6-3-4-7-11(10)15(19)20/h3-4,6-7,12H,5,8-9H2,1-2H3,(H,19,20). The zero-order valence-corrected chi connectivity index (χ0v) is 12.2. The van der Waals surface area contributed by atoms with E-state index in [1.165, 1.54) is 0 Å². The van der Waals surface area contributed by atoms with Gasteiger partial charge in [-0.05, 0) is 30.4 Å². The second-order valence-corrected chi connectivity index (χ2v) is 6.23. The van der Waals surface area contributed by atoms with Gasteiger partial charge < -0.3 is 9.52 Å². The van der Waals surface area contributed by atoms with Crippen LogP contribution in [-0.2, 0) is 0 Å². The fraction of sp³-hybridized carbons (Fsp3) is 0.438. The van der Waals surface area contributed by atoms with Gasteiger partial charge in [0.25, 0.3) is 0 Å². The third-order valence-electron chi connectivity index (χ3n) is 4.38. The van der Waals surface area contributed by atoms with Crippen LogP contribution < -0.4 is 0 Å². The number of carbonyl (C=O) groups is 1. The molecule has 1 heterocycles. The Morgan fingerprint density at radius 1 is 1.33 bits per heavy atom. The molecule has 0 spiro atoms. The first-order valence-corrected chi connectivity index (χ1v) is 7.15. The summed E-state index contributed by atoms with van der Waals surface area (Å²) in [5, 5.41) is 17.5. The van der Waals surface area contributed by atoms with Gasteiger partial charge in [-0.25, -0.2) is 4.79 Å². The molecule has 0 saturated heterocycles. The van der Waals surface area contributed by atoms with E-state index in [4.69, 9.17) is 4.42 Å². The van der Waals surface area contributed by atoms with Crippen LogP contribution in [-0.4, -0.2) is 21.3 Å². The van der Waals surface area contributed by atoms with E-state index in [1.54, 1.807) is 24.3 Å². The molecule has 1 aromatic carbocycles. The lowest BCUT2D eigenvalue weighted by molar-refractivity contribution is 0.0697. The summed E-state index contributed by atoms with van der Waals surface area (Å²) < 4.78 is 5.79. The molecule has 2 aromatic rings. The predicted octanol–water partition coefficient (Wildman–Crippen LogP) is 3.73. The zero-order valence-electron chi connectivity index (χ0n) is 12.2. The van der Waals surface area contributed by atoms with Crippen LogP contribution in [0.5, 0.6) is 0 Å². The summed E-state index contributed by atoms with van der Waals surface area (Å²) in [6, 6.07) is 6.69. The van der Waals surface area contributed by atoms with Crippen molar-refractivity contribution >= 4 is 5.97 Å². The van der Waals surface area contributed by atoms with Gasteiger partial charge in [0.05, 0.1) is 11.1 Å². The van der Waals surface area contributed by atoms with Crippen LogP contribution in [0.15, 0.2) is 28.7 Å². The lowest BCUT2D eigenvalue weighted by Crippen LogP contribution is -2.15. The monoisotopic (exact) mass is 286 g/mol. The molecule has 0 amide bonds. The second kappa shape index (κ2) is 4.98. The fourth-order valence-corrected chi connectivity index (χ4v) is 3.12. The summed E-state index contributed by atoms with van der Waals surface area (Å²) in [5.74, 6) is 0.153. The van der Waals surface area contributed by atoms with Crippen LogP contribution in [0.25, 0.3) is 11.5 Å². The van der Waals surface area contributed by atoms with Gasteiger partial charge in [0.15, 0.2) is 0 Å². The summed E-state index contributed by atoms with van der Waals surface area (Å²) in [6.45, 7) is 4.42. The molecule has 1 aromatic heterocycles. The molecule has 5 nitrogen and oxygen atoms in total. The molecule has 1 fully saturated rings. The predicted molar refractivity (Wildman–Crippen MR) is 77.1 cm³/mol. The van der Waals surface area contributed by atoms with Gasteiger partial charge in [0.1, 0.15) is 0 Å². The Bertz CT molecular complexity index is 676. The molecular weight excluding hydrogens is 268 g/mol. The van der Waals surface area contributed by atoms with Gasteiger partial charge >= 0.3 is 5.97 Å². The molecule has 1 saturated carbocycles. The number of aromatic nitrogens is 2. The van der Waals surface area contributed by atoms with E-state index >= 15 is 0 Å². The maximum Gasteiger partial charge on any atom is 0.336 e. The summed E-state index contributed by atoms with van der Waals surface area (Å²) >= 11 is 0. The number of nitrogens with zero attached hydrogens (tertiary/aromatic N) is 2. The molecule has 0 bridgehead atoms. The van der Waals surface area contributed by atoms with Crippen molar-refractivity contribution in [2.45, 2.75) is 39.0 Å². The van der Waals surface area contributed by atoms with E-state index in [1.807, 2.05) is 0 Å². The van der Waals surface area contributed by atoms with Crippen molar-refractivity contribution in [2.24, 2.45) is 5.41 Å². The van der Waals surface area contributed by atoms with Gasteiger partial charge in [-0.1, -0.05) is 32.4 Å². The van der Waals surface area contributed by atoms with E-state index in [9.17, 15) is 9.90 Å².